The summed E-state index contributed by atoms with van der Waals surface area (Å²) in [5.41, 5.74) is 1.12. The fourth-order valence-electron chi connectivity index (χ4n) is 1.65. The molecule has 0 spiro atoms. The van der Waals surface area contributed by atoms with Crippen molar-refractivity contribution in [3.05, 3.63) is 29.3 Å². The average molecular weight is 266 g/mol. The summed E-state index contributed by atoms with van der Waals surface area (Å²) in [6, 6.07) is 8.88. The molecule has 0 aliphatic carbocycles. The molecule has 1 aromatic heterocycles. The third-order valence-electron chi connectivity index (χ3n) is 2.69. The van der Waals surface area contributed by atoms with Gasteiger partial charge in [-0.15, -0.1) is 11.3 Å². The highest BCUT2D eigenvalue weighted by atomic mass is 32.2. The second-order valence-electron chi connectivity index (χ2n) is 4.14. The Balaban J connectivity index is 1.90. The summed E-state index contributed by atoms with van der Waals surface area (Å²) in [6.07, 6.45) is 3.37. The Hall–Kier alpha value is -0.580. The minimum Gasteiger partial charge on any atom is -0.308 e. The van der Waals surface area contributed by atoms with E-state index in [-0.39, 0.29) is 0 Å². The van der Waals surface area contributed by atoms with Gasteiger partial charge in [0, 0.05) is 12.6 Å². The Kier molecular flexibility index (Phi) is 4.83. The molecule has 2 nitrogen and oxygen atoms in total. The van der Waals surface area contributed by atoms with Gasteiger partial charge in [-0.1, -0.05) is 12.1 Å². The summed E-state index contributed by atoms with van der Waals surface area (Å²) >= 11 is 3.69. The highest BCUT2D eigenvalue weighted by molar-refractivity contribution is 7.98. The largest absolute Gasteiger partial charge is 0.308 e. The number of benzene rings is 1. The van der Waals surface area contributed by atoms with E-state index in [2.05, 4.69) is 41.7 Å². The zero-order valence-corrected chi connectivity index (χ0v) is 11.9. The number of thioether (sulfide) groups is 1. The molecule has 0 fully saturated rings. The number of hydrogen-bond donors (Lipinski definition) is 1. The van der Waals surface area contributed by atoms with Crippen LogP contribution in [0.1, 0.15) is 18.4 Å². The van der Waals surface area contributed by atoms with E-state index in [1.807, 2.05) is 17.8 Å². The SMILES string of the molecule is CSCCC(C)NCc1nc2ccccc2s1. The van der Waals surface area contributed by atoms with Crippen LogP contribution >= 0.6 is 23.1 Å². The molecule has 0 amide bonds. The lowest BCUT2D eigenvalue weighted by Crippen LogP contribution is -2.25. The van der Waals surface area contributed by atoms with Crippen LogP contribution in [0.4, 0.5) is 0 Å². The third kappa shape index (κ3) is 3.69. The van der Waals surface area contributed by atoms with Gasteiger partial charge >= 0.3 is 0 Å². The van der Waals surface area contributed by atoms with Crippen LogP contribution in [0.3, 0.4) is 0 Å². The molecule has 0 radical (unpaired) electrons. The van der Waals surface area contributed by atoms with Gasteiger partial charge < -0.3 is 5.32 Å². The van der Waals surface area contributed by atoms with E-state index >= 15 is 0 Å². The van der Waals surface area contributed by atoms with Gasteiger partial charge in [0.2, 0.25) is 0 Å². The van der Waals surface area contributed by atoms with E-state index in [0.717, 1.165) is 12.1 Å². The van der Waals surface area contributed by atoms with Crippen LogP contribution in [-0.2, 0) is 6.54 Å². The molecule has 0 bridgehead atoms. The Labute approximate surface area is 111 Å². The first-order valence-electron chi connectivity index (χ1n) is 5.86. The van der Waals surface area contributed by atoms with Crippen molar-refractivity contribution in [3.63, 3.8) is 0 Å². The molecule has 1 heterocycles. The first kappa shape index (κ1) is 12.9. The molecule has 0 aliphatic heterocycles. The van der Waals surface area contributed by atoms with Gasteiger partial charge in [-0.05, 0) is 37.5 Å². The Morgan fingerprint density at radius 3 is 3.00 bits per heavy atom. The summed E-state index contributed by atoms with van der Waals surface area (Å²) in [4.78, 5) is 4.62. The number of rotatable bonds is 6. The zero-order valence-electron chi connectivity index (χ0n) is 10.3. The summed E-state index contributed by atoms with van der Waals surface area (Å²) < 4.78 is 1.28. The molecule has 17 heavy (non-hydrogen) atoms. The lowest BCUT2D eigenvalue weighted by Gasteiger charge is -2.11. The standard InChI is InChI=1S/C13H18N2S2/c1-10(7-8-16-2)14-9-13-15-11-5-3-4-6-12(11)17-13/h3-6,10,14H,7-9H2,1-2H3. The van der Waals surface area contributed by atoms with E-state index in [1.165, 1.54) is 21.9 Å². The van der Waals surface area contributed by atoms with Crippen molar-refractivity contribution in [1.82, 2.24) is 10.3 Å². The maximum Gasteiger partial charge on any atom is 0.108 e. The maximum absolute atomic E-state index is 4.62. The topological polar surface area (TPSA) is 24.9 Å². The van der Waals surface area contributed by atoms with E-state index in [4.69, 9.17) is 0 Å². The van der Waals surface area contributed by atoms with Crippen LogP contribution in [0.15, 0.2) is 24.3 Å². The minimum atomic E-state index is 0.564. The van der Waals surface area contributed by atoms with E-state index < -0.39 is 0 Å². The highest BCUT2D eigenvalue weighted by Crippen LogP contribution is 2.21. The second-order valence-corrected chi connectivity index (χ2v) is 6.24. The van der Waals surface area contributed by atoms with Crippen LogP contribution in [-0.4, -0.2) is 23.0 Å². The molecule has 1 aromatic carbocycles. The van der Waals surface area contributed by atoms with Crippen molar-refractivity contribution in [2.24, 2.45) is 0 Å². The van der Waals surface area contributed by atoms with Gasteiger partial charge in [0.1, 0.15) is 5.01 Å². The van der Waals surface area contributed by atoms with Gasteiger partial charge in [-0.2, -0.15) is 11.8 Å². The quantitative estimate of drug-likeness (QED) is 0.866. The number of aromatic nitrogens is 1. The van der Waals surface area contributed by atoms with E-state index in [0.29, 0.717) is 6.04 Å². The van der Waals surface area contributed by atoms with Crippen molar-refractivity contribution < 1.29 is 0 Å². The maximum atomic E-state index is 4.62. The highest BCUT2D eigenvalue weighted by Gasteiger charge is 2.05. The molecule has 92 valence electrons. The number of hydrogen-bond acceptors (Lipinski definition) is 4. The fraction of sp³-hybridized carbons (Fsp3) is 0.462. The van der Waals surface area contributed by atoms with E-state index in [1.54, 1.807) is 11.3 Å². The number of thiazole rings is 1. The van der Waals surface area contributed by atoms with Crippen molar-refractivity contribution in [1.29, 1.82) is 0 Å². The van der Waals surface area contributed by atoms with Crippen molar-refractivity contribution in [2.75, 3.05) is 12.0 Å². The van der Waals surface area contributed by atoms with Crippen LogP contribution in [0, 0.1) is 0 Å². The van der Waals surface area contributed by atoms with Gasteiger partial charge in [0.25, 0.3) is 0 Å². The Morgan fingerprint density at radius 1 is 1.41 bits per heavy atom. The van der Waals surface area contributed by atoms with Gasteiger partial charge in [-0.3, -0.25) is 0 Å². The lowest BCUT2D eigenvalue weighted by atomic mass is 10.2. The molecule has 1 unspecified atom stereocenters. The smallest absolute Gasteiger partial charge is 0.108 e. The molecule has 0 saturated carbocycles. The van der Waals surface area contributed by atoms with Crippen LogP contribution < -0.4 is 5.32 Å². The zero-order chi connectivity index (χ0) is 12.1. The summed E-state index contributed by atoms with van der Waals surface area (Å²) in [5, 5.41) is 4.71. The molecule has 4 heteroatoms. The summed E-state index contributed by atoms with van der Waals surface area (Å²) in [6.45, 7) is 3.12. The molecule has 2 rings (SSSR count). The fourth-order valence-corrected chi connectivity index (χ4v) is 3.16. The normalized spacial score (nSPS) is 13.1. The summed E-state index contributed by atoms with van der Waals surface area (Å²) in [7, 11) is 0. The second kappa shape index (κ2) is 6.38. The third-order valence-corrected chi connectivity index (χ3v) is 4.38. The van der Waals surface area contributed by atoms with E-state index in [9.17, 15) is 0 Å². The van der Waals surface area contributed by atoms with Gasteiger partial charge in [0.15, 0.2) is 0 Å². The molecule has 2 aromatic rings. The lowest BCUT2D eigenvalue weighted by molar-refractivity contribution is 0.537. The summed E-state index contributed by atoms with van der Waals surface area (Å²) in [5.74, 6) is 1.22. The molecular formula is C13H18N2S2. The van der Waals surface area contributed by atoms with Gasteiger partial charge in [-0.25, -0.2) is 4.98 Å². The van der Waals surface area contributed by atoms with Crippen LogP contribution in [0.5, 0.6) is 0 Å². The predicted molar refractivity (Wildman–Crippen MR) is 78.9 cm³/mol. The van der Waals surface area contributed by atoms with Crippen molar-refractivity contribution >= 4 is 33.3 Å². The number of nitrogens with one attached hydrogen (secondary N) is 1. The number of fused-ring (bicyclic) bond motifs is 1. The monoisotopic (exact) mass is 266 g/mol. The average Bonchev–Trinajstić information content (AvgIpc) is 2.76. The number of nitrogens with zero attached hydrogens (tertiary/aromatic N) is 1. The first-order valence-corrected chi connectivity index (χ1v) is 8.07. The number of para-hydroxylation sites is 1. The predicted octanol–water partition coefficient (Wildman–Crippen LogP) is 3.53. The minimum absolute atomic E-state index is 0.564. The van der Waals surface area contributed by atoms with Crippen LogP contribution in [0.2, 0.25) is 0 Å². The van der Waals surface area contributed by atoms with Crippen LogP contribution in [0.25, 0.3) is 10.2 Å². The van der Waals surface area contributed by atoms with Gasteiger partial charge in [0.05, 0.1) is 10.2 Å². The first-order chi connectivity index (χ1) is 8.29. The Bertz CT molecular complexity index is 434. The van der Waals surface area contributed by atoms with Crippen molar-refractivity contribution in [2.45, 2.75) is 25.9 Å². The molecule has 0 aliphatic rings. The Morgan fingerprint density at radius 2 is 2.24 bits per heavy atom. The molecule has 1 atom stereocenters. The molecular weight excluding hydrogens is 248 g/mol. The molecule has 1 N–H and O–H groups in total. The molecule has 0 saturated heterocycles. The van der Waals surface area contributed by atoms with Crippen molar-refractivity contribution in [3.8, 4) is 0 Å².